The van der Waals surface area contributed by atoms with Gasteiger partial charge in [-0.1, -0.05) is 18.6 Å². The zero-order valence-electron chi connectivity index (χ0n) is 12.2. The summed E-state index contributed by atoms with van der Waals surface area (Å²) in [5.41, 5.74) is 1.12. The highest BCUT2D eigenvalue weighted by molar-refractivity contribution is 8.00. The van der Waals surface area contributed by atoms with E-state index in [9.17, 15) is 4.79 Å². The van der Waals surface area contributed by atoms with Gasteiger partial charge in [-0.15, -0.1) is 11.8 Å². The predicted molar refractivity (Wildman–Crippen MR) is 78.1 cm³/mol. The molecule has 3 nitrogen and oxygen atoms in total. The van der Waals surface area contributed by atoms with Crippen molar-refractivity contribution < 1.29 is 14.3 Å². The molecule has 0 aromatic heterocycles. The van der Waals surface area contributed by atoms with Gasteiger partial charge in [0, 0.05) is 11.2 Å². The van der Waals surface area contributed by atoms with Crippen LogP contribution in [0.25, 0.3) is 0 Å². The smallest absolute Gasteiger partial charge is 0.306 e. The molecule has 1 spiro atoms. The fourth-order valence-corrected chi connectivity index (χ4v) is 4.91. The Balaban J connectivity index is 2.29. The first kappa shape index (κ1) is 14.9. The lowest BCUT2D eigenvalue weighted by Crippen LogP contribution is -2.49. The van der Waals surface area contributed by atoms with Crippen LogP contribution in [-0.2, 0) is 14.3 Å². The Morgan fingerprint density at radius 1 is 1.58 bits per heavy atom. The molecule has 2 fully saturated rings. The van der Waals surface area contributed by atoms with Crippen molar-refractivity contribution in [2.75, 3.05) is 19.0 Å². The summed E-state index contributed by atoms with van der Waals surface area (Å²) in [7, 11) is 0. The van der Waals surface area contributed by atoms with Crippen molar-refractivity contribution in [2.24, 2.45) is 5.41 Å². The van der Waals surface area contributed by atoms with Crippen LogP contribution < -0.4 is 0 Å². The van der Waals surface area contributed by atoms with Crippen LogP contribution in [0.3, 0.4) is 0 Å². The van der Waals surface area contributed by atoms with E-state index in [1.54, 1.807) is 0 Å². The average molecular weight is 284 g/mol. The normalized spacial score (nSPS) is 36.9. The van der Waals surface area contributed by atoms with Crippen LogP contribution in [0.2, 0.25) is 0 Å². The molecule has 1 aliphatic carbocycles. The molecule has 2 rings (SSSR count). The molecular weight excluding hydrogens is 260 g/mol. The van der Waals surface area contributed by atoms with E-state index in [1.807, 2.05) is 18.7 Å². The Labute approximate surface area is 120 Å². The molecule has 1 aliphatic heterocycles. The Hall–Kier alpha value is -0.480. The summed E-state index contributed by atoms with van der Waals surface area (Å²) >= 11 is 1.88. The lowest BCUT2D eigenvalue weighted by molar-refractivity contribution is -0.149. The van der Waals surface area contributed by atoms with Crippen molar-refractivity contribution in [3.05, 3.63) is 11.6 Å². The molecular formula is C15H24O3S. The average Bonchev–Trinajstić information content (AvgIpc) is 2.83. The van der Waals surface area contributed by atoms with Crippen LogP contribution in [0.5, 0.6) is 0 Å². The molecule has 0 aromatic carbocycles. The van der Waals surface area contributed by atoms with Gasteiger partial charge in [-0.3, -0.25) is 4.79 Å². The van der Waals surface area contributed by atoms with Crippen LogP contribution in [0.15, 0.2) is 11.6 Å². The largest absolute Gasteiger partial charge is 0.466 e. The molecule has 2 atom stereocenters. The topological polar surface area (TPSA) is 35.5 Å². The number of carbonyl (C=O) groups excluding carboxylic acids is 1. The minimum Gasteiger partial charge on any atom is -0.466 e. The highest BCUT2D eigenvalue weighted by Gasteiger charge is 2.56. The fraction of sp³-hybridized carbons (Fsp3) is 0.800. The maximum Gasteiger partial charge on any atom is 0.306 e. The van der Waals surface area contributed by atoms with Crippen molar-refractivity contribution >= 4 is 17.7 Å². The molecule has 108 valence electrons. The summed E-state index contributed by atoms with van der Waals surface area (Å²) < 4.78 is 11.3. The summed E-state index contributed by atoms with van der Waals surface area (Å²) in [4.78, 5) is 11.8. The van der Waals surface area contributed by atoms with Crippen LogP contribution in [0.1, 0.15) is 46.5 Å². The van der Waals surface area contributed by atoms with Gasteiger partial charge in [0.2, 0.25) is 0 Å². The Morgan fingerprint density at radius 2 is 2.37 bits per heavy atom. The van der Waals surface area contributed by atoms with E-state index in [0.29, 0.717) is 13.0 Å². The number of esters is 1. The molecule has 0 bridgehead atoms. The van der Waals surface area contributed by atoms with Gasteiger partial charge in [-0.25, -0.2) is 0 Å². The van der Waals surface area contributed by atoms with Gasteiger partial charge in [0.25, 0.3) is 0 Å². The fourth-order valence-electron chi connectivity index (χ4n) is 3.44. The molecule has 1 heterocycles. The SMILES string of the molecule is C/C=C1\CCC[C@]2(OCCS2)[C@]1(C)CC(=O)OCC. The number of hydrogen-bond acceptors (Lipinski definition) is 4. The summed E-state index contributed by atoms with van der Waals surface area (Å²) in [6.45, 7) is 7.34. The van der Waals surface area contributed by atoms with Crippen LogP contribution >= 0.6 is 11.8 Å². The first-order chi connectivity index (χ1) is 9.08. The lowest BCUT2D eigenvalue weighted by Gasteiger charge is -2.49. The minimum absolute atomic E-state index is 0.110. The molecule has 0 N–H and O–H groups in total. The van der Waals surface area contributed by atoms with Gasteiger partial charge >= 0.3 is 5.97 Å². The van der Waals surface area contributed by atoms with E-state index >= 15 is 0 Å². The molecule has 2 aliphatic rings. The highest BCUT2D eigenvalue weighted by atomic mass is 32.2. The summed E-state index contributed by atoms with van der Waals surface area (Å²) in [6.07, 6.45) is 5.84. The third kappa shape index (κ3) is 2.57. The highest BCUT2D eigenvalue weighted by Crippen LogP contribution is 2.59. The first-order valence-corrected chi connectivity index (χ1v) is 8.16. The van der Waals surface area contributed by atoms with Crippen LogP contribution in [0.4, 0.5) is 0 Å². The molecule has 0 unspecified atom stereocenters. The van der Waals surface area contributed by atoms with E-state index in [-0.39, 0.29) is 16.3 Å². The summed E-state index contributed by atoms with van der Waals surface area (Å²) in [6, 6.07) is 0. The van der Waals surface area contributed by atoms with Gasteiger partial charge in [0.15, 0.2) is 0 Å². The molecule has 1 saturated carbocycles. The zero-order valence-corrected chi connectivity index (χ0v) is 13.0. The second-order valence-corrected chi connectivity index (χ2v) is 6.79. The maximum atomic E-state index is 12.0. The van der Waals surface area contributed by atoms with E-state index in [4.69, 9.17) is 9.47 Å². The molecule has 19 heavy (non-hydrogen) atoms. The number of carbonyl (C=O) groups is 1. The van der Waals surface area contributed by atoms with E-state index < -0.39 is 0 Å². The summed E-state index contributed by atoms with van der Waals surface area (Å²) in [5.74, 6) is 0.914. The maximum absolute atomic E-state index is 12.0. The molecule has 1 saturated heterocycles. The minimum atomic E-state index is -0.229. The Morgan fingerprint density at radius 3 is 2.95 bits per heavy atom. The number of ether oxygens (including phenoxy) is 2. The van der Waals surface area contributed by atoms with E-state index in [1.165, 1.54) is 5.57 Å². The third-order valence-electron chi connectivity index (χ3n) is 4.41. The van der Waals surface area contributed by atoms with Gasteiger partial charge < -0.3 is 9.47 Å². The molecule has 0 radical (unpaired) electrons. The Bertz CT molecular complexity index is 372. The monoisotopic (exact) mass is 284 g/mol. The lowest BCUT2D eigenvalue weighted by atomic mass is 9.66. The number of allylic oxidation sites excluding steroid dienone is 1. The second-order valence-electron chi connectivity index (χ2n) is 5.43. The van der Waals surface area contributed by atoms with E-state index in [0.717, 1.165) is 31.6 Å². The number of hydrogen-bond donors (Lipinski definition) is 0. The van der Waals surface area contributed by atoms with Crippen molar-refractivity contribution in [1.82, 2.24) is 0 Å². The van der Waals surface area contributed by atoms with Crippen LogP contribution in [-0.4, -0.2) is 29.9 Å². The number of rotatable bonds is 3. The standard InChI is InChI=1S/C15H24O3S/c1-4-12-7-6-8-15(18-9-10-19-15)14(12,3)11-13(16)17-5-2/h4H,5-11H2,1-3H3/b12-4+/t14-,15-/m1/s1. The zero-order chi connectivity index (χ0) is 13.9. The quantitative estimate of drug-likeness (QED) is 0.586. The Kier molecular flexibility index (Phi) is 4.62. The third-order valence-corrected chi connectivity index (χ3v) is 6.02. The van der Waals surface area contributed by atoms with Crippen molar-refractivity contribution in [3.63, 3.8) is 0 Å². The summed E-state index contributed by atoms with van der Waals surface area (Å²) in [5, 5.41) is 0. The van der Waals surface area contributed by atoms with Gasteiger partial charge in [0.05, 0.1) is 19.6 Å². The van der Waals surface area contributed by atoms with Crippen molar-refractivity contribution in [1.29, 1.82) is 0 Å². The van der Waals surface area contributed by atoms with Crippen LogP contribution in [0, 0.1) is 5.41 Å². The number of thioether (sulfide) groups is 1. The first-order valence-electron chi connectivity index (χ1n) is 7.17. The molecule has 0 aromatic rings. The van der Waals surface area contributed by atoms with Crippen molar-refractivity contribution in [3.8, 4) is 0 Å². The van der Waals surface area contributed by atoms with Crippen molar-refractivity contribution in [2.45, 2.75) is 51.4 Å². The van der Waals surface area contributed by atoms with Gasteiger partial charge in [0.1, 0.15) is 4.93 Å². The van der Waals surface area contributed by atoms with Gasteiger partial charge in [-0.05, 0) is 33.1 Å². The molecule has 0 amide bonds. The van der Waals surface area contributed by atoms with Gasteiger partial charge in [-0.2, -0.15) is 0 Å². The predicted octanol–water partition coefficient (Wildman–Crippen LogP) is 3.54. The van der Waals surface area contributed by atoms with E-state index in [2.05, 4.69) is 19.9 Å². The second kappa shape index (κ2) is 5.88. The molecule has 4 heteroatoms.